The average molecular weight is 236 g/mol. The lowest BCUT2D eigenvalue weighted by Gasteiger charge is -2.26. The van der Waals surface area contributed by atoms with E-state index in [0.717, 1.165) is 25.8 Å². The van der Waals surface area contributed by atoms with Gasteiger partial charge in [-0.1, -0.05) is 19.9 Å². The molecule has 0 amide bonds. The quantitative estimate of drug-likeness (QED) is 0.752. The number of ether oxygens (including phenoxy) is 1. The zero-order valence-corrected chi connectivity index (χ0v) is 11.1. The molecule has 3 heteroatoms. The second kappa shape index (κ2) is 8.20. The van der Waals surface area contributed by atoms with E-state index < -0.39 is 0 Å². The normalized spacial score (nSPS) is 14.5. The van der Waals surface area contributed by atoms with E-state index >= 15 is 0 Å². The van der Waals surface area contributed by atoms with E-state index in [4.69, 9.17) is 4.74 Å². The second-order valence-corrected chi connectivity index (χ2v) is 4.31. The highest BCUT2D eigenvalue weighted by Gasteiger charge is 2.19. The molecule has 0 spiro atoms. The van der Waals surface area contributed by atoms with Crippen LogP contribution in [0.1, 0.15) is 32.3 Å². The fourth-order valence-corrected chi connectivity index (χ4v) is 2.05. The van der Waals surface area contributed by atoms with Crippen LogP contribution in [-0.4, -0.2) is 30.8 Å². The van der Waals surface area contributed by atoms with Crippen LogP contribution in [0.5, 0.6) is 0 Å². The molecule has 1 rings (SSSR count). The second-order valence-electron chi connectivity index (χ2n) is 4.31. The van der Waals surface area contributed by atoms with Crippen LogP contribution in [0.15, 0.2) is 24.5 Å². The summed E-state index contributed by atoms with van der Waals surface area (Å²) < 4.78 is 5.55. The number of methoxy groups -OCH3 is 1. The first kappa shape index (κ1) is 14.1. The molecule has 96 valence electrons. The Labute approximate surface area is 105 Å². The Hall–Kier alpha value is -0.930. The highest BCUT2D eigenvalue weighted by Crippen LogP contribution is 2.10. The van der Waals surface area contributed by atoms with Gasteiger partial charge in [-0.2, -0.15) is 0 Å². The fourth-order valence-electron chi connectivity index (χ4n) is 2.05. The summed E-state index contributed by atoms with van der Waals surface area (Å²) in [4.78, 5) is 4.16. The van der Waals surface area contributed by atoms with E-state index in [2.05, 4.69) is 30.2 Å². The number of rotatable bonds is 8. The number of aromatic nitrogens is 1. The standard InChI is InChI=1S/C14H24N2O/c1-4-8-16-13(14(5-2)17-3)10-12-7-6-9-15-11-12/h6-7,9,11,13-14,16H,4-5,8,10H2,1-3H3. The van der Waals surface area contributed by atoms with Crippen molar-refractivity contribution in [3.8, 4) is 0 Å². The summed E-state index contributed by atoms with van der Waals surface area (Å²) in [6.07, 6.45) is 7.15. The maximum Gasteiger partial charge on any atom is 0.0724 e. The molecule has 1 heterocycles. The van der Waals surface area contributed by atoms with Crippen molar-refractivity contribution in [3.05, 3.63) is 30.1 Å². The van der Waals surface area contributed by atoms with Crippen LogP contribution in [0.25, 0.3) is 0 Å². The molecule has 0 aliphatic rings. The van der Waals surface area contributed by atoms with E-state index in [1.54, 1.807) is 7.11 Å². The molecule has 3 nitrogen and oxygen atoms in total. The Kier molecular flexibility index (Phi) is 6.82. The van der Waals surface area contributed by atoms with Crippen LogP contribution in [0, 0.1) is 0 Å². The molecule has 2 atom stereocenters. The summed E-state index contributed by atoms with van der Waals surface area (Å²) >= 11 is 0. The SMILES string of the molecule is CCCNC(Cc1cccnc1)C(CC)OC. The van der Waals surface area contributed by atoms with Crippen LogP contribution < -0.4 is 5.32 Å². The number of pyridine rings is 1. The largest absolute Gasteiger partial charge is 0.380 e. The summed E-state index contributed by atoms with van der Waals surface area (Å²) in [5, 5.41) is 3.57. The Balaban J connectivity index is 2.62. The van der Waals surface area contributed by atoms with Crippen molar-refractivity contribution >= 4 is 0 Å². The lowest BCUT2D eigenvalue weighted by atomic mass is 10.0. The third-order valence-corrected chi connectivity index (χ3v) is 2.99. The van der Waals surface area contributed by atoms with Gasteiger partial charge in [0.05, 0.1) is 6.10 Å². The summed E-state index contributed by atoms with van der Waals surface area (Å²) in [5.74, 6) is 0. The van der Waals surface area contributed by atoms with Crippen LogP contribution in [-0.2, 0) is 11.2 Å². The summed E-state index contributed by atoms with van der Waals surface area (Å²) in [7, 11) is 1.79. The van der Waals surface area contributed by atoms with Crippen molar-refractivity contribution in [2.24, 2.45) is 0 Å². The summed E-state index contributed by atoms with van der Waals surface area (Å²) in [6.45, 7) is 5.38. The smallest absolute Gasteiger partial charge is 0.0724 e. The fraction of sp³-hybridized carbons (Fsp3) is 0.643. The van der Waals surface area contributed by atoms with Crippen molar-refractivity contribution in [2.75, 3.05) is 13.7 Å². The van der Waals surface area contributed by atoms with E-state index in [0.29, 0.717) is 6.04 Å². The van der Waals surface area contributed by atoms with Crippen LogP contribution in [0.4, 0.5) is 0 Å². The Bertz CT molecular complexity index is 286. The first-order valence-corrected chi connectivity index (χ1v) is 6.46. The van der Waals surface area contributed by atoms with Gasteiger partial charge in [-0.15, -0.1) is 0 Å². The number of hydrogen-bond donors (Lipinski definition) is 1. The molecule has 1 aromatic rings. The third-order valence-electron chi connectivity index (χ3n) is 2.99. The van der Waals surface area contributed by atoms with Gasteiger partial charge in [0.25, 0.3) is 0 Å². The van der Waals surface area contributed by atoms with Crippen molar-refractivity contribution in [3.63, 3.8) is 0 Å². The first-order valence-electron chi connectivity index (χ1n) is 6.46. The first-order chi connectivity index (χ1) is 8.31. The monoisotopic (exact) mass is 236 g/mol. The highest BCUT2D eigenvalue weighted by molar-refractivity contribution is 5.10. The maximum absolute atomic E-state index is 5.55. The highest BCUT2D eigenvalue weighted by atomic mass is 16.5. The van der Waals surface area contributed by atoms with E-state index in [1.165, 1.54) is 5.56 Å². The van der Waals surface area contributed by atoms with Crippen LogP contribution in [0.2, 0.25) is 0 Å². The molecule has 0 radical (unpaired) electrons. The molecule has 2 unspecified atom stereocenters. The van der Waals surface area contributed by atoms with Gasteiger partial charge in [0, 0.05) is 25.5 Å². The molecule has 0 saturated carbocycles. The Morgan fingerprint density at radius 2 is 2.24 bits per heavy atom. The van der Waals surface area contributed by atoms with Crippen molar-refractivity contribution in [2.45, 2.75) is 45.3 Å². The maximum atomic E-state index is 5.55. The zero-order valence-electron chi connectivity index (χ0n) is 11.1. The van der Waals surface area contributed by atoms with E-state index in [1.807, 2.05) is 18.5 Å². The minimum Gasteiger partial charge on any atom is -0.380 e. The van der Waals surface area contributed by atoms with Gasteiger partial charge < -0.3 is 10.1 Å². The topological polar surface area (TPSA) is 34.2 Å². The lowest BCUT2D eigenvalue weighted by molar-refractivity contribution is 0.0653. The van der Waals surface area contributed by atoms with Crippen molar-refractivity contribution < 1.29 is 4.74 Å². The molecule has 0 saturated heterocycles. The Morgan fingerprint density at radius 1 is 1.41 bits per heavy atom. The Morgan fingerprint density at radius 3 is 2.76 bits per heavy atom. The third kappa shape index (κ3) is 4.84. The van der Waals surface area contributed by atoms with Gasteiger partial charge in [0.2, 0.25) is 0 Å². The molecule has 1 aromatic heterocycles. The predicted octanol–water partition coefficient (Wildman–Crippen LogP) is 2.42. The molecule has 0 bridgehead atoms. The van der Waals surface area contributed by atoms with Gasteiger partial charge in [-0.3, -0.25) is 4.98 Å². The van der Waals surface area contributed by atoms with Gasteiger partial charge in [0.15, 0.2) is 0 Å². The van der Waals surface area contributed by atoms with Crippen molar-refractivity contribution in [1.82, 2.24) is 10.3 Å². The minimum absolute atomic E-state index is 0.266. The molecular weight excluding hydrogens is 212 g/mol. The van der Waals surface area contributed by atoms with Crippen molar-refractivity contribution in [1.29, 1.82) is 0 Å². The minimum atomic E-state index is 0.266. The lowest BCUT2D eigenvalue weighted by Crippen LogP contribution is -2.42. The number of nitrogens with one attached hydrogen (secondary N) is 1. The number of hydrogen-bond acceptors (Lipinski definition) is 3. The molecular formula is C14H24N2O. The van der Waals surface area contributed by atoms with Gasteiger partial charge in [-0.25, -0.2) is 0 Å². The molecule has 0 aliphatic heterocycles. The van der Waals surface area contributed by atoms with Crippen LogP contribution >= 0.6 is 0 Å². The van der Waals surface area contributed by atoms with Gasteiger partial charge in [0.1, 0.15) is 0 Å². The van der Waals surface area contributed by atoms with E-state index in [9.17, 15) is 0 Å². The van der Waals surface area contributed by atoms with Gasteiger partial charge in [-0.05, 0) is 37.4 Å². The number of nitrogens with zero attached hydrogens (tertiary/aromatic N) is 1. The summed E-state index contributed by atoms with van der Waals surface area (Å²) in [6, 6.07) is 4.48. The molecule has 0 aromatic carbocycles. The van der Waals surface area contributed by atoms with Crippen LogP contribution in [0.3, 0.4) is 0 Å². The molecule has 0 fully saturated rings. The van der Waals surface area contributed by atoms with E-state index in [-0.39, 0.29) is 6.10 Å². The molecule has 17 heavy (non-hydrogen) atoms. The summed E-state index contributed by atoms with van der Waals surface area (Å²) in [5.41, 5.74) is 1.26. The molecule has 0 aliphatic carbocycles. The predicted molar refractivity (Wildman–Crippen MR) is 71.1 cm³/mol. The zero-order chi connectivity index (χ0) is 12.5. The van der Waals surface area contributed by atoms with Gasteiger partial charge >= 0.3 is 0 Å². The molecule has 1 N–H and O–H groups in total. The average Bonchev–Trinajstić information content (AvgIpc) is 2.38.